The van der Waals surface area contributed by atoms with Crippen LogP contribution in [-0.4, -0.2) is 29.0 Å². The Labute approximate surface area is 115 Å². The third-order valence-corrected chi connectivity index (χ3v) is 5.85. The van der Waals surface area contributed by atoms with E-state index in [4.69, 9.17) is 0 Å². The monoisotopic (exact) mass is 336 g/mol. The van der Waals surface area contributed by atoms with E-state index in [9.17, 15) is 8.42 Å². The molecule has 1 fully saturated rings. The van der Waals surface area contributed by atoms with Crippen molar-refractivity contribution in [2.24, 2.45) is 7.05 Å². The van der Waals surface area contributed by atoms with Crippen molar-refractivity contribution in [2.75, 3.05) is 0 Å². The average Bonchev–Trinajstić information content (AvgIpc) is 2.58. The number of halogens is 1. The first-order valence-electron chi connectivity index (χ1n) is 5.93. The van der Waals surface area contributed by atoms with E-state index in [1.165, 1.54) is 11.1 Å². The molecule has 1 N–H and O–H groups in total. The molecule has 1 aromatic heterocycles. The zero-order valence-corrected chi connectivity index (χ0v) is 12.9. The Kier molecular flexibility index (Phi) is 3.80. The fraction of sp³-hybridized carbons (Fsp3) is 0.800. The van der Waals surface area contributed by atoms with Crippen LogP contribution in [0.3, 0.4) is 0 Å². The zero-order valence-electron chi connectivity index (χ0n) is 10.5. The number of sulfonamides is 1. The second-order valence-electron chi connectivity index (χ2n) is 5.04. The number of hydrogen-bond acceptors (Lipinski definition) is 4. The molecule has 2 rings (SSSR count). The summed E-state index contributed by atoms with van der Waals surface area (Å²) in [5, 5.41) is 7.49. The Balaban J connectivity index is 2.27. The molecule has 18 heavy (non-hydrogen) atoms. The Morgan fingerprint density at radius 1 is 1.33 bits per heavy atom. The smallest absolute Gasteiger partial charge is 0.235 e. The van der Waals surface area contributed by atoms with Gasteiger partial charge in [-0.1, -0.05) is 24.5 Å². The highest BCUT2D eigenvalue weighted by molar-refractivity contribution is 9.10. The molecular weight excluding hydrogens is 320 g/mol. The van der Waals surface area contributed by atoms with Crippen molar-refractivity contribution < 1.29 is 8.42 Å². The van der Waals surface area contributed by atoms with E-state index in [0.29, 0.717) is 0 Å². The first-order valence-corrected chi connectivity index (χ1v) is 8.21. The Hall–Kier alpha value is -0.470. The molecule has 8 heteroatoms. The minimum atomic E-state index is -3.60. The molecule has 0 radical (unpaired) electrons. The molecule has 1 aliphatic rings. The summed E-state index contributed by atoms with van der Waals surface area (Å²) in [7, 11) is -2.03. The molecule has 0 atom stereocenters. The molecule has 0 aromatic carbocycles. The van der Waals surface area contributed by atoms with Crippen molar-refractivity contribution in [3.8, 4) is 0 Å². The summed E-state index contributed by atoms with van der Waals surface area (Å²) in [6, 6.07) is 0. The van der Waals surface area contributed by atoms with Gasteiger partial charge in [-0.25, -0.2) is 17.8 Å². The topological polar surface area (TPSA) is 76.9 Å². The second kappa shape index (κ2) is 4.90. The van der Waals surface area contributed by atoms with Crippen molar-refractivity contribution in [1.29, 1.82) is 0 Å². The highest BCUT2D eigenvalue weighted by atomic mass is 79.9. The molecule has 0 bridgehead atoms. The molecule has 1 heterocycles. The SMILES string of the molecule is Cn1nnc(Br)c1S(=O)(=O)NC1(C)CCCCC1. The van der Waals surface area contributed by atoms with Crippen LogP contribution in [0.1, 0.15) is 39.0 Å². The van der Waals surface area contributed by atoms with Crippen molar-refractivity contribution >= 4 is 26.0 Å². The summed E-state index contributed by atoms with van der Waals surface area (Å²) in [5.41, 5.74) is -0.360. The summed E-state index contributed by atoms with van der Waals surface area (Å²) in [6.45, 7) is 1.96. The van der Waals surface area contributed by atoms with Crippen LogP contribution in [0.15, 0.2) is 9.63 Å². The normalized spacial score (nSPS) is 19.9. The molecule has 0 aliphatic heterocycles. The quantitative estimate of drug-likeness (QED) is 0.908. The minimum absolute atomic E-state index is 0.0781. The predicted octanol–water partition coefficient (Wildman–Crippen LogP) is 1.58. The maximum absolute atomic E-state index is 12.4. The van der Waals surface area contributed by atoms with Gasteiger partial charge >= 0.3 is 0 Å². The summed E-state index contributed by atoms with van der Waals surface area (Å²) in [6.07, 6.45) is 5.03. The number of hydrogen-bond donors (Lipinski definition) is 1. The lowest BCUT2D eigenvalue weighted by Crippen LogP contribution is -2.47. The van der Waals surface area contributed by atoms with E-state index in [2.05, 4.69) is 31.0 Å². The van der Waals surface area contributed by atoms with Gasteiger partial charge in [-0.3, -0.25) is 0 Å². The molecule has 0 spiro atoms. The lowest BCUT2D eigenvalue weighted by atomic mass is 9.84. The minimum Gasteiger partial charge on any atom is -0.235 e. The average molecular weight is 337 g/mol. The molecular formula is C10H17BrN4O2S. The second-order valence-corrected chi connectivity index (χ2v) is 7.38. The summed E-state index contributed by atoms with van der Waals surface area (Å²) in [5.74, 6) is 0. The van der Waals surface area contributed by atoms with Crippen LogP contribution >= 0.6 is 15.9 Å². The predicted molar refractivity (Wildman–Crippen MR) is 70.5 cm³/mol. The molecule has 1 aromatic rings. The maximum Gasteiger partial charge on any atom is 0.261 e. The van der Waals surface area contributed by atoms with Crippen molar-refractivity contribution in [3.63, 3.8) is 0 Å². The van der Waals surface area contributed by atoms with Gasteiger partial charge in [0.1, 0.15) is 0 Å². The number of rotatable bonds is 3. The number of aryl methyl sites for hydroxylation is 1. The molecule has 0 unspecified atom stereocenters. The van der Waals surface area contributed by atoms with E-state index in [1.54, 1.807) is 7.05 Å². The fourth-order valence-electron chi connectivity index (χ4n) is 2.41. The zero-order chi connectivity index (χ0) is 13.4. The first-order chi connectivity index (χ1) is 8.34. The number of nitrogens with zero attached hydrogens (tertiary/aromatic N) is 3. The van der Waals surface area contributed by atoms with Gasteiger partial charge in [0.05, 0.1) is 0 Å². The lowest BCUT2D eigenvalue weighted by Gasteiger charge is -2.33. The molecule has 1 aliphatic carbocycles. The molecule has 0 saturated heterocycles. The summed E-state index contributed by atoms with van der Waals surface area (Å²) >= 11 is 3.12. The van der Waals surface area contributed by atoms with Crippen molar-refractivity contribution in [3.05, 3.63) is 4.60 Å². The number of nitrogens with one attached hydrogen (secondary N) is 1. The third kappa shape index (κ3) is 2.75. The van der Waals surface area contributed by atoms with E-state index in [1.807, 2.05) is 6.92 Å². The van der Waals surface area contributed by atoms with Gasteiger partial charge in [0, 0.05) is 12.6 Å². The molecule has 0 amide bonds. The van der Waals surface area contributed by atoms with Crippen LogP contribution in [0.5, 0.6) is 0 Å². The van der Waals surface area contributed by atoms with Crippen LogP contribution in [0.25, 0.3) is 0 Å². The van der Waals surface area contributed by atoms with E-state index in [0.717, 1.165) is 25.7 Å². The molecule has 102 valence electrons. The fourth-order valence-corrected chi connectivity index (χ4v) is 4.98. The van der Waals surface area contributed by atoms with Crippen LogP contribution in [0, 0.1) is 0 Å². The van der Waals surface area contributed by atoms with Gasteiger partial charge in [-0.05, 0) is 35.7 Å². The van der Waals surface area contributed by atoms with Crippen LogP contribution in [0.4, 0.5) is 0 Å². The van der Waals surface area contributed by atoms with E-state index >= 15 is 0 Å². The molecule has 6 nitrogen and oxygen atoms in total. The van der Waals surface area contributed by atoms with E-state index in [-0.39, 0.29) is 15.2 Å². The Morgan fingerprint density at radius 3 is 2.44 bits per heavy atom. The standard InChI is InChI=1S/C10H17BrN4O2S/c1-10(6-4-3-5-7-10)13-18(16,17)9-8(11)12-14-15(9)2/h13H,3-7H2,1-2H3. The third-order valence-electron chi connectivity index (χ3n) is 3.33. The Bertz CT molecular complexity index is 515. The maximum atomic E-state index is 12.4. The van der Waals surface area contributed by atoms with Crippen LogP contribution in [-0.2, 0) is 17.1 Å². The lowest BCUT2D eigenvalue weighted by molar-refractivity contribution is 0.293. The van der Waals surface area contributed by atoms with Crippen LogP contribution in [0.2, 0.25) is 0 Å². The summed E-state index contributed by atoms with van der Waals surface area (Å²) in [4.78, 5) is 0. The number of aromatic nitrogens is 3. The highest BCUT2D eigenvalue weighted by Gasteiger charge is 2.34. The first kappa shape index (κ1) is 14.0. The van der Waals surface area contributed by atoms with Crippen molar-refractivity contribution in [2.45, 2.75) is 49.6 Å². The van der Waals surface area contributed by atoms with Gasteiger partial charge in [0.15, 0.2) is 4.60 Å². The van der Waals surface area contributed by atoms with Crippen molar-refractivity contribution in [1.82, 2.24) is 19.7 Å². The van der Waals surface area contributed by atoms with Gasteiger partial charge in [-0.15, -0.1) is 5.10 Å². The summed E-state index contributed by atoms with van der Waals surface area (Å²) < 4.78 is 29.0. The van der Waals surface area contributed by atoms with Crippen LogP contribution < -0.4 is 4.72 Å². The van der Waals surface area contributed by atoms with Gasteiger partial charge in [0.25, 0.3) is 10.0 Å². The van der Waals surface area contributed by atoms with Gasteiger partial charge in [0.2, 0.25) is 5.03 Å². The van der Waals surface area contributed by atoms with Gasteiger partial charge in [-0.2, -0.15) is 0 Å². The highest BCUT2D eigenvalue weighted by Crippen LogP contribution is 2.30. The largest absolute Gasteiger partial charge is 0.261 e. The van der Waals surface area contributed by atoms with Gasteiger partial charge < -0.3 is 0 Å². The van der Waals surface area contributed by atoms with E-state index < -0.39 is 10.0 Å². The Morgan fingerprint density at radius 2 is 1.94 bits per heavy atom. The molecule has 1 saturated carbocycles.